The lowest BCUT2D eigenvalue weighted by Crippen LogP contribution is -2.47. The van der Waals surface area contributed by atoms with Crippen LogP contribution in [0.3, 0.4) is 0 Å². The summed E-state index contributed by atoms with van der Waals surface area (Å²) in [6.45, 7) is 12.9. The predicted octanol–water partition coefficient (Wildman–Crippen LogP) is 3.18. The number of anilines is 1. The van der Waals surface area contributed by atoms with Gasteiger partial charge in [0.1, 0.15) is 10.0 Å². The highest BCUT2D eigenvalue weighted by atomic mass is 32.1. The molecule has 0 N–H and O–H groups in total. The number of rotatable bonds is 3. The average molecular weight is 338 g/mol. The van der Waals surface area contributed by atoms with E-state index in [1.165, 1.54) is 5.01 Å². The molecule has 0 radical (unpaired) electrons. The van der Waals surface area contributed by atoms with E-state index in [4.69, 9.17) is 0 Å². The molecule has 1 saturated heterocycles. The van der Waals surface area contributed by atoms with Crippen LogP contribution < -0.4 is 4.90 Å². The first kappa shape index (κ1) is 15.8. The average Bonchev–Trinajstić information content (AvgIpc) is 3.17. The second-order valence-electron chi connectivity index (χ2n) is 6.71. The summed E-state index contributed by atoms with van der Waals surface area (Å²) in [5.74, 6) is 0. The molecule has 22 heavy (non-hydrogen) atoms. The Morgan fingerprint density at radius 2 is 1.86 bits per heavy atom. The smallest absolute Gasteiger partial charge is 0.208 e. The van der Waals surface area contributed by atoms with E-state index in [-0.39, 0.29) is 5.41 Å². The first-order chi connectivity index (χ1) is 10.4. The van der Waals surface area contributed by atoms with E-state index >= 15 is 0 Å². The minimum absolute atomic E-state index is 0.0804. The van der Waals surface area contributed by atoms with Gasteiger partial charge in [0.2, 0.25) is 5.13 Å². The summed E-state index contributed by atoms with van der Waals surface area (Å²) in [5.41, 5.74) is 0.0804. The molecular weight excluding hydrogens is 314 g/mol. The molecule has 1 aliphatic heterocycles. The van der Waals surface area contributed by atoms with Crippen molar-refractivity contribution in [3.63, 3.8) is 0 Å². The Morgan fingerprint density at radius 3 is 2.41 bits per heavy atom. The Balaban J connectivity index is 1.61. The summed E-state index contributed by atoms with van der Waals surface area (Å²) in [7, 11) is 0. The largest absolute Gasteiger partial charge is 0.344 e. The van der Waals surface area contributed by atoms with Crippen LogP contribution in [0.15, 0.2) is 11.6 Å². The molecule has 1 fully saturated rings. The van der Waals surface area contributed by atoms with Crippen molar-refractivity contribution in [2.24, 2.45) is 0 Å². The maximum Gasteiger partial charge on any atom is 0.208 e. The van der Waals surface area contributed by atoms with Crippen LogP contribution in [-0.4, -0.2) is 46.3 Å². The Labute approximate surface area is 140 Å². The van der Waals surface area contributed by atoms with Crippen LogP contribution in [0.2, 0.25) is 0 Å². The van der Waals surface area contributed by atoms with Gasteiger partial charge in [-0.1, -0.05) is 32.1 Å². The molecule has 1 aliphatic rings. The van der Waals surface area contributed by atoms with Gasteiger partial charge < -0.3 is 4.90 Å². The third kappa shape index (κ3) is 3.31. The molecular formula is C15H23N5S2. The number of thiazole rings is 1. The monoisotopic (exact) mass is 337 g/mol. The number of nitrogens with zero attached hydrogens (tertiary/aromatic N) is 5. The van der Waals surface area contributed by atoms with Gasteiger partial charge in [0.25, 0.3) is 0 Å². The molecule has 0 amide bonds. The van der Waals surface area contributed by atoms with Crippen molar-refractivity contribution in [2.45, 2.75) is 39.2 Å². The van der Waals surface area contributed by atoms with Gasteiger partial charge in [0.05, 0.1) is 6.04 Å². The molecule has 2 aromatic heterocycles. The number of hydrogen-bond donors (Lipinski definition) is 0. The first-order valence-electron chi connectivity index (χ1n) is 7.67. The topological polar surface area (TPSA) is 45.2 Å². The highest BCUT2D eigenvalue weighted by Gasteiger charge is 2.26. The van der Waals surface area contributed by atoms with Crippen molar-refractivity contribution in [3.05, 3.63) is 21.6 Å². The molecule has 2 aromatic rings. The summed E-state index contributed by atoms with van der Waals surface area (Å²) in [6.07, 6.45) is 1.89. The molecule has 0 bridgehead atoms. The highest BCUT2D eigenvalue weighted by Crippen LogP contribution is 2.31. The number of aromatic nitrogens is 3. The molecule has 5 nitrogen and oxygen atoms in total. The fraction of sp³-hybridized carbons (Fsp3) is 0.667. The van der Waals surface area contributed by atoms with Gasteiger partial charge in [0.15, 0.2) is 0 Å². The van der Waals surface area contributed by atoms with E-state index in [2.05, 4.69) is 58.1 Å². The molecule has 0 aromatic carbocycles. The van der Waals surface area contributed by atoms with E-state index in [9.17, 15) is 0 Å². The minimum Gasteiger partial charge on any atom is -0.344 e. The predicted molar refractivity (Wildman–Crippen MR) is 92.9 cm³/mol. The second kappa shape index (κ2) is 6.22. The van der Waals surface area contributed by atoms with Crippen molar-refractivity contribution in [1.29, 1.82) is 0 Å². The van der Waals surface area contributed by atoms with Gasteiger partial charge >= 0.3 is 0 Å². The van der Waals surface area contributed by atoms with Crippen LogP contribution in [0.5, 0.6) is 0 Å². The van der Waals surface area contributed by atoms with Crippen molar-refractivity contribution in [1.82, 2.24) is 20.1 Å². The molecule has 3 heterocycles. The van der Waals surface area contributed by atoms with Gasteiger partial charge in [-0.2, -0.15) is 0 Å². The molecule has 0 saturated carbocycles. The van der Waals surface area contributed by atoms with Gasteiger partial charge in [-0.25, -0.2) is 4.98 Å². The fourth-order valence-corrected chi connectivity index (χ4v) is 4.23. The molecule has 0 aliphatic carbocycles. The summed E-state index contributed by atoms with van der Waals surface area (Å²) in [5, 5.41) is 14.2. The van der Waals surface area contributed by atoms with Crippen molar-refractivity contribution in [2.75, 3.05) is 31.1 Å². The zero-order valence-electron chi connectivity index (χ0n) is 13.6. The zero-order chi connectivity index (χ0) is 15.7. The summed E-state index contributed by atoms with van der Waals surface area (Å²) in [6, 6.07) is 0.404. The van der Waals surface area contributed by atoms with E-state index in [0.717, 1.165) is 36.3 Å². The van der Waals surface area contributed by atoms with E-state index in [0.29, 0.717) is 6.04 Å². The van der Waals surface area contributed by atoms with Crippen LogP contribution >= 0.6 is 22.7 Å². The number of piperazine rings is 1. The lowest BCUT2D eigenvalue weighted by Gasteiger charge is -2.37. The van der Waals surface area contributed by atoms with E-state index in [1.807, 2.05) is 6.20 Å². The maximum atomic E-state index is 4.44. The molecule has 120 valence electrons. The molecule has 0 spiro atoms. The van der Waals surface area contributed by atoms with Crippen molar-refractivity contribution >= 4 is 27.8 Å². The standard InChI is InChI=1S/C15H23N5S2/c1-11(12-16-5-10-21-12)19-6-8-20(9-7-19)14-18-17-13(22-14)15(2,3)4/h5,10-11H,6-9H2,1-4H3. The van der Waals surface area contributed by atoms with Crippen LogP contribution in [0.1, 0.15) is 43.8 Å². The molecule has 3 rings (SSSR count). The first-order valence-corrected chi connectivity index (χ1v) is 9.37. The van der Waals surface area contributed by atoms with Crippen LogP contribution in [-0.2, 0) is 5.41 Å². The molecule has 1 unspecified atom stereocenters. The minimum atomic E-state index is 0.0804. The second-order valence-corrected chi connectivity index (χ2v) is 8.59. The Kier molecular flexibility index (Phi) is 4.47. The van der Waals surface area contributed by atoms with Crippen molar-refractivity contribution in [3.8, 4) is 0 Å². The normalized spacial score (nSPS) is 18.6. The van der Waals surface area contributed by atoms with Crippen LogP contribution in [0, 0.1) is 0 Å². The van der Waals surface area contributed by atoms with Gasteiger partial charge in [-0.3, -0.25) is 4.90 Å². The fourth-order valence-electron chi connectivity index (χ4n) is 2.54. The maximum absolute atomic E-state index is 4.44. The van der Waals surface area contributed by atoms with E-state index < -0.39 is 0 Å². The summed E-state index contributed by atoms with van der Waals surface area (Å²) >= 11 is 3.47. The zero-order valence-corrected chi connectivity index (χ0v) is 15.2. The van der Waals surface area contributed by atoms with Crippen LogP contribution in [0.4, 0.5) is 5.13 Å². The summed E-state index contributed by atoms with van der Waals surface area (Å²) in [4.78, 5) is 9.30. The summed E-state index contributed by atoms with van der Waals surface area (Å²) < 4.78 is 0. The molecule has 7 heteroatoms. The Morgan fingerprint density at radius 1 is 1.14 bits per heavy atom. The Hall–Kier alpha value is -1.05. The van der Waals surface area contributed by atoms with E-state index in [1.54, 1.807) is 22.7 Å². The third-order valence-electron chi connectivity index (χ3n) is 4.00. The number of hydrogen-bond acceptors (Lipinski definition) is 7. The lowest BCUT2D eigenvalue weighted by molar-refractivity contribution is 0.198. The van der Waals surface area contributed by atoms with Crippen molar-refractivity contribution < 1.29 is 0 Å². The highest BCUT2D eigenvalue weighted by molar-refractivity contribution is 7.15. The molecule has 1 atom stereocenters. The van der Waals surface area contributed by atoms with Crippen LogP contribution in [0.25, 0.3) is 0 Å². The Bertz CT molecular complexity index is 594. The third-order valence-corrected chi connectivity index (χ3v) is 6.35. The quantitative estimate of drug-likeness (QED) is 0.861. The van der Waals surface area contributed by atoms with Gasteiger partial charge in [-0.05, 0) is 6.92 Å². The lowest BCUT2D eigenvalue weighted by atomic mass is 9.98. The van der Waals surface area contributed by atoms with Gasteiger partial charge in [-0.15, -0.1) is 21.5 Å². The SMILES string of the molecule is CC(c1nccs1)N1CCN(c2nnc(C(C)(C)C)s2)CC1. The van der Waals surface area contributed by atoms with Gasteiger partial charge in [0, 0.05) is 43.2 Å².